The van der Waals surface area contributed by atoms with Crippen LogP contribution in [0.2, 0.25) is 0 Å². The van der Waals surface area contributed by atoms with Gasteiger partial charge in [-0.15, -0.1) is 0 Å². The molecule has 4 nitrogen and oxygen atoms in total. The summed E-state index contributed by atoms with van der Waals surface area (Å²) in [7, 11) is 0. The molecule has 15 heavy (non-hydrogen) atoms. The van der Waals surface area contributed by atoms with E-state index < -0.39 is 5.97 Å². The number of Topliss-reactive ketones (excluding diaryl/α,β-unsaturated/α-hetero) is 1. The minimum atomic E-state index is -0.440. The summed E-state index contributed by atoms with van der Waals surface area (Å²) in [5.41, 5.74) is 0. The van der Waals surface area contributed by atoms with Gasteiger partial charge >= 0.3 is 60.3 Å². The summed E-state index contributed by atoms with van der Waals surface area (Å²) in [6.07, 6.45) is 2.35. The van der Waals surface area contributed by atoms with Crippen molar-refractivity contribution >= 4 is 11.8 Å². The first-order valence-corrected chi connectivity index (χ1v) is 6.02. The first kappa shape index (κ1) is 17.4. The number of ether oxygens (including phenoxy) is 1. The number of rotatable bonds is 6. The SMILES string of the molecule is CCCC[O][Zr].CCOC(=O)CC(C)=O. The van der Waals surface area contributed by atoms with Crippen molar-refractivity contribution in [2.45, 2.75) is 40.0 Å². The van der Waals surface area contributed by atoms with Crippen molar-refractivity contribution in [1.82, 2.24) is 0 Å². The zero-order valence-corrected chi connectivity index (χ0v) is 12.1. The largest absolute Gasteiger partial charge is 0.466 e. The molecule has 0 saturated carbocycles. The first-order valence-electron chi connectivity index (χ1n) is 5.02. The summed E-state index contributed by atoms with van der Waals surface area (Å²) in [5, 5.41) is 0. The molecule has 0 amide bonds. The van der Waals surface area contributed by atoms with Gasteiger partial charge in [0, 0.05) is 0 Å². The van der Waals surface area contributed by atoms with Crippen molar-refractivity contribution in [3.05, 3.63) is 0 Å². The van der Waals surface area contributed by atoms with Crippen molar-refractivity contribution in [3.63, 3.8) is 0 Å². The Balaban J connectivity index is 0. The molecule has 0 bridgehead atoms. The monoisotopic (exact) mass is 293 g/mol. The Bertz CT molecular complexity index is 167. The molecule has 0 N–H and O–H groups in total. The van der Waals surface area contributed by atoms with Gasteiger partial charge in [0.25, 0.3) is 0 Å². The summed E-state index contributed by atoms with van der Waals surface area (Å²) >= 11 is 1.19. The molecule has 5 heteroatoms. The van der Waals surface area contributed by atoms with E-state index in [4.69, 9.17) is 2.81 Å². The Morgan fingerprint density at radius 3 is 2.13 bits per heavy atom. The third-order valence-corrected chi connectivity index (χ3v) is 1.80. The average Bonchev–Trinajstić information content (AvgIpc) is 2.15. The zero-order valence-electron chi connectivity index (χ0n) is 9.67. The van der Waals surface area contributed by atoms with Gasteiger partial charge < -0.3 is 4.74 Å². The van der Waals surface area contributed by atoms with Crippen LogP contribution in [0.3, 0.4) is 0 Å². The van der Waals surface area contributed by atoms with Crippen molar-refractivity contribution in [1.29, 1.82) is 0 Å². The van der Waals surface area contributed by atoms with Crippen molar-refractivity contribution in [3.8, 4) is 0 Å². The van der Waals surface area contributed by atoms with Gasteiger partial charge in [-0.1, -0.05) is 0 Å². The van der Waals surface area contributed by atoms with Gasteiger partial charge in [0.2, 0.25) is 0 Å². The van der Waals surface area contributed by atoms with Crippen LogP contribution in [-0.2, 0) is 42.3 Å². The standard InChI is InChI=1S/C6H10O3.C4H9O.Zr/c1-3-9-6(8)4-5(2)7;1-2-3-4-5;/h3-4H2,1-2H3;2-4H2,1H3;/q;-1;+1. The van der Waals surface area contributed by atoms with Crippen LogP contribution < -0.4 is 0 Å². The quantitative estimate of drug-likeness (QED) is 0.426. The number of esters is 1. The molecule has 0 saturated heterocycles. The minimum Gasteiger partial charge on any atom is -0.466 e. The van der Waals surface area contributed by atoms with Gasteiger partial charge in [-0.05, 0) is 13.8 Å². The van der Waals surface area contributed by atoms with Crippen molar-refractivity contribution in [2.24, 2.45) is 0 Å². The molecule has 0 aromatic carbocycles. The maximum absolute atomic E-state index is 10.4. The van der Waals surface area contributed by atoms with Gasteiger partial charge in [0.1, 0.15) is 12.2 Å². The van der Waals surface area contributed by atoms with E-state index >= 15 is 0 Å². The molecule has 0 aliphatic carbocycles. The van der Waals surface area contributed by atoms with E-state index in [0.717, 1.165) is 6.61 Å². The van der Waals surface area contributed by atoms with Crippen molar-refractivity contribution < 1.29 is 42.3 Å². The topological polar surface area (TPSA) is 52.6 Å². The van der Waals surface area contributed by atoms with Crippen LogP contribution in [0.5, 0.6) is 0 Å². The van der Waals surface area contributed by atoms with Crippen LogP contribution in [0.15, 0.2) is 0 Å². The van der Waals surface area contributed by atoms with E-state index in [1.54, 1.807) is 6.92 Å². The predicted octanol–water partition coefficient (Wildman–Crippen LogP) is 1.79. The van der Waals surface area contributed by atoms with Crippen molar-refractivity contribution in [2.75, 3.05) is 13.2 Å². The number of hydrogen-bond donors (Lipinski definition) is 0. The summed E-state index contributed by atoms with van der Waals surface area (Å²) in [6.45, 7) is 6.52. The molecule has 0 aromatic rings. The first-order chi connectivity index (χ1) is 7.08. The van der Waals surface area contributed by atoms with Crippen LogP contribution in [0, 0.1) is 0 Å². The Labute approximate surface area is 107 Å². The third kappa shape index (κ3) is 20.1. The van der Waals surface area contributed by atoms with Crippen LogP contribution in [-0.4, -0.2) is 25.0 Å². The van der Waals surface area contributed by atoms with Crippen LogP contribution in [0.4, 0.5) is 0 Å². The molecule has 0 unspecified atom stereocenters. The number of carbonyl (C=O) groups is 2. The Kier molecular flexibility index (Phi) is 16.2. The molecule has 0 atom stereocenters. The Morgan fingerprint density at radius 1 is 1.27 bits per heavy atom. The molecule has 0 aliphatic rings. The van der Waals surface area contributed by atoms with Gasteiger partial charge in [0.15, 0.2) is 0 Å². The van der Waals surface area contributed by atoms with E-state index in [2.05, 4.69) is 11.7 Å². The second-order valence-electron chi connectivity index (χ2n) is 2.89. The maximum Gasteiger partial charge on any atom is 0.313 e. The molecule has 87 valence electrons. The summed E-state index contributed by atoms with van der Waals surface area (Å²) in [4.78, 5) is 20.6. The molecule has 0 radical (unpaired) electrons. The Morgan fingerprint density at radius 2 is 1.87 bits per heavy atom. The molecule has 0 rings (SSSR count). The van der Waals surface area contributed by atoms with E-state index in [-0.39, 0.29) is 12.2 Å². The second-order valence-corrected chi connectivity index (χ2v) is 3.60. The molecule has 0 aliphatic heterocycles. The summed E-state index contributed by atoms with van der Waals surface area (Å²) in [6, 6.07) is 0. The summed E-state index contributed by atoms with van der Waals surface area (Å²) in [5.74, 6) is -0.599. The molecule has 0 spiro atoms. The summed E-state index contributed by atoms with van der Waals surface area (Å²) < 4.78 is 9.37. The van der Waals surface area contributed by atoms with Gasteiger partial charge in [-0.25, -0.2) is 0 Å². The smallest absolute Gasteiger partial charge is 0.313 e. The Hall–Kier alpha value is -0.0169. The van der Waals surface area contributed by atoms with E-state index in [1.165, 1.54) is 44.9 Å². The number of ketones is 1. The molecular formula is C10H19O4Zr. The number of hydrogen-bond acceptors (Lipinski definition) is 4. The van der Waals surface area contributed by atoms with Crippen LogP contribution in [0.25, 0.3) is 0 Å². The fourth-order valence-electron chi connectivity index (χ4n) is 0.632. The fourth-order valence-corrected chi connectivity index (χ4v) is 0.987. The van der Waals surface area contributed by atoms with E-state index in [9.17, 15) is 9.59 Å². The molecule has 0 aromatic heterocycles. The maximum atomic E-state index is 10.4. The van der Waals surface area contributed by atoms with Crippen LogP contribution in [0.1, 0.15) is 40.0 Å². The average molecular weight is 294 g/mol. The van der Waals surface area contributed by atoms with E-state index in [0.29, 0.717) is 6.61 Å². The second kappa shape index (κ2) is 14.0. The minimum absolute atomic E-state index is 0.103. The third-order valence-electron chi connectivity index (χ3n) is 1.30. The van der Waals surface area contributed by atoms with Gasteiger partial charge in [-0.2, -0.15) is 0 Å². The van der Waals surface area contributed by atoms with Gasteiger partial charge in [0.05, 0.1) is 6.61 Å². The van der Waals surface area contributed by atoms with E-state index in [1.807, 2.05) is 0 Å². The normalized spacial score (nSPS) is 8.67. The predicted molar refractivity (Wildman–Crippen MR) is 52.8 cm³/mol. The molecule has 0 heterocycles. The molecular weight excluding hydrogens is 275 g/mol. The molecule has 0 fully saturated rings. The van der Waals surface area contributed by atoms with Crippen LogP contribution >= 0.6 is 0 Å². The van der Waals surface area contributed by atoms with Gasteiger partial charge in [-0.3, -0.25) is 9.59 Å². The zero-order chi connectivity index (χ0) is 12.1. The fraction of sp³-hybridized carbons (Fsp3) is 0.800. The number of carbonyl (C=O) groups excluding carboxylic acids is 2. The number of unbranched alkanes of at least 4 members (excludes halogenated alkanes) is 1.